The van der Waals surface area contributed by atoms with Gasteiger partial charge in [-0.05, 0) is 36.5 Å². The molecule has 1 aliphatic heterocycles. The lowest BCUT2D eigenvalue weighted by Crippen LogP contribution is -2.45. The second kappa shape index (κ2) is 8.73. The summed E-state index contributed by atoms with van der Waals surface area (Å²) in [5, 5.41) is 2.66. The largest absolute Gasteiger partial charge is 0.493 e. The van der Waals surface area contributed by atoms with Crippen molar-refractivity contribution < 1.29 is 22.7 Å². The first-order valence-corrected chi connectivity index (χ1v) is 10.4. The lowest BCUT2D eigenvalue weighted by molar-refractivity contribution is 0.0955. The number of amides is 1. The maximum absolute atomic E-state index is 12.5. The van der Waals surface area contributed by atoms with Crippen molar-refractivity contribution >= 4 is 15.9 Å². The molecule has 1 amide bonds. The smallest absolute Gasteiger partial charge is 0.251 e. The fourth-order valence-corrected chi connectivity index (χ4v) is 4.92. The summed E-state index contributed by atoms with van der Waals surface area (Å²) < 4.78 is 36.9. The molecule has 0 spiro atoms. The van der Waals surface area contributed by atoms with Gasteiger partial charge in [0.05, 0.1) is 20.0 Å². The summed E-state index contributed by atoms with van der Waals surface area (Å²) in [6, 6.07) is 4.82. The zero-order valence-electron chi connectivity index (χ0n) is 15.8. The minimum absolute atomic E-state index is 0.0643. The number of nitrogens with zero attached hydrogens (tertiary/aromatic N) is 1. The van der Waals surface area contributed by atoms with Gasteiger partial charge in [0.25, 0.3) is 5.91 Å². The number of ether oxygens (including phenoxy) is 2. The van der Waals surface area contributed by atoms with Gasteiger partial charge in [0, 0.05) is 25.2 Å². The molecule has 0 unspecified atom stereocenters. The van der Waals surface area contributed by atoms with E-state index in [1.807, 2.05) is 0 Å². The number of hydrogen-bond donors (Lipinski definition) is 1. The summed E-state index contributed by atoms with van der Waals surface area (Å²) in [4.78, 5) is 12.3. The average Bonchev–Trinajstić information content (AvgIpc) is 2.60. The Hall–Kier alpha value is -1.80. The monoisotopic (exact) mass is 384 g/mol. The first-order valence-electron chi connectivity index (χ1n) is 8.75. The molecule has 146 valence electrons. The lowest BCUT2D eigenvalue weighted by Gasteiger charge is -2.34. The van der Waals surface area contributed by atoms with Gasteiger partial charge < -0.3 is 14.8 Å². The Balaban J connectivity index is 1.93. The molecule has 0 radical (unpaired) electrons. The molecule has 8 heteroatoms. The molecule has 7 nitrogen and oxygen atoms in total. The van der Waals surface area contributed by atoms with E-state index < -0.39 is 10.0 Å². The third-order valence-electron chi connectivity index (χ3n) is 4.52. The predicted octanol–water partition coefficient (Wildman–Crippen LogP) is 1.74. The molecule has 1 aliphatic rings. The molecule has 2 rings (SSSR count). The van der Waals surface area contributed by atoms with E-state index in [1.165, 1.54) is 14.2 Å². The third-order valence-corrected chi connectivity index (χ3v) is 6.33. The van der Waals surface area contributed by atoms with Crippen molar-refractivity contribution in [1.82, 2.24) is 9.62 Å². The Morgan fingerprint density at radius 3 is 2.35 bits per heavy atom. The molecule has 0 aliphatic carbocycles. The third kappa shape index (κ3) is 5.11. The summed E-state index contributed by atoms with van der Waals surface area (Å²) in [5.41, 5.74) is 0.389. The number of carbonyl (C=O) groups excluding carboxylic acids is 1. The standard InChI is InChI=1S/C18H28N2O5S/c1-13-9-14(2)12-20(11-13)26(22,23)8-7-19-18(21)15-5-6-16(24-3)17(10-15)25-4/h5-6,10,13-14H,7-9,11-12H2,1-4H3,(H,19,21)/t13-,14-/m0/s1. The number of benzene rings is 1. The molecule has 2 atom stereocenters. The molecule has 0 saturated carbocycles. The van der Waals surface area contributed by atoms with E-state index in [1.54, 1.807) is 22.5 Å². The van der Waals surface area contributed by atoms with Gasteiger partial charge >= 0.3 is 0 Å². The van der Waals surface area contributed by atoms with Gasteiger partial charge in [-0.2, -0.15) is 0 Å². The summed E-state index contributed by atoms with van der Waals surface area (Å²) >= 11 is 0. The van der Waals surface area contributed by atoms with Gasteiger partial charge in [0.2, 0.25) is 10.0 Å². The first-order chi connectivity index (χ1) is 12.3. The highest BCUT2D eigenvalue weighted by atomic mass is 32.2. The van der Waals surface area contributed by atoms with Crippen LogP contribution < -0.4 is 14.8 Å². The molecule has 1 heterocycles. The fraction of sp³-hybridized carbons (Fsp3) is 0.611. The zero-order valence-corrected chi connectivity index (χ0v) is 16.6. The predicted molar refractivity (Wildman–Crippen MR) is 100 cm³/mol. The molecule has 0 aromatic heterocycles. The van der Waals surface area contributed by atoms with Gasteiger partial charge in [0.15, 0.2) is 11.5 Å². The zero-order chi connectivity index (χ0) is 19.3. The van der Waals surface area contributed by atoms with Gasteiger partial charge in [-0.1, -0.05) is 13.8 Å². The van der Waals surface area contributed by atoms with Crippen LogP contribution in [0.25, 0.3) is 0 Å². The number of sulfonamides is 1. The van der Waals surface area contributed by atoms with E-state index in [0.717, 1.165) is 6.42 Å². The second-order valence-electron chi connectivity index (χ2n) is 6.90. The highest BCUT2D eigenvalue weighted by Gasteiger charge is 2.30. The maximum Gasteiger partial charge on any atom is 0.251 e. The molecule has 1 aromatic rings. The lowest BCUT2D eigenvalue weighted by atomic mass is 9.94. The Bertz CT molecular complexity index is 725. The van der Waals surface area contributed by atoms with Crippen LogP contribution in [0.5, 0.6) is 11.5 Å². The van der Waals surface area contributed by atoms with E-state index >= 15 is 0 Å². The molecule has 1 N–H and O–H groups in total. The first kappa shape index (κ1) is 20.5. The van der Waals surface area contributed by atoms with Crippen molar-refractivity contribution in [2.75, 3.05) is 39.6 Å². The van der Waals surface area contributed by atoms with Crippen LogP contribution in [-0.2, 0) is 10.0 Å². The summed E-state index contributed by atoms with van der Waals surface area (Å²) in [6.07, 6.45) is 1.04. The molecule has 1 fully saturated rings. The molecule has 26 heavy (non-hydrogen) atoms. The number of hydrogen-bond acceptors (Lipinski definition) is 5. The van der Waals surface area contributed by atoms with Crippen molar-refractivity contribution in [3.8, 4) is 11.5 Å². The summed E-state index contributed by atoms with van der Waals surface area (Å²) in [7, 11) is -0.365. The number of nitrogens with one attached hydrogen (secondary N) is 1. The van der Waals surface area contributed by atoms with Crippen molar-refractivity contribution in [2.24, 2.45) is 11.8 Å². The average molecular weight is 384 g/mol. The van der Waals surface area contributed by atoms with Crippen molar-refractivity contribution in [2.45, 2.75) is 20.3 Å². The summed E-state index contributed by atoms with van der Waals surface area (Å²) in [6.45, 7) is 5.30. The van der Waals surface area contributed by atoms with Crippen LogP contribution in [0.1, 0.15) is 30.6 Å². The van der Waals surface area contributed by atoms with Crippen molar-refractivity contribution in [1.29, 1.82) is 0 Å². The van der Waals surface area contributed by atoms with Crippen LogP contribution in [0.2, 0.25) is 0 Å². The number of rotatable bonds is 7. The molecule has 0 bridgehead atoms. The Kier molecular flexibility index (Phi) is 6.88. The molecular formula is C18H28N2O5S. The van der Waals surface area contributed by atoms with Crippen LogP contribution in [0.4, 0.5) is 0 Å². The highest BCUT2D eigenvalue weighted by molar-refractivity contribution is 7.89. The van der Waals surface area contributed by atoms with Crippen LogP contribution in [-0.4, -0.2) is 58.2 Å². The SMILES string of the molecule is COc1ccc(C(=O)NCCS(=O)(=O)N2C[C@@H](C)C[C@H](C)C2)cc1OC. The molecule has 1 aromatic carbocycles. The highest BCUT2D eigenvalue weighted by Crippen LogP contribution is 2.27. The van der Waals surface area contributed by atoms with E-state index in [4.69, 9.17) is 9.47 Å². The number of carbonyl (C=O) groups is 1. The molecular weight excluding hydrogens is 356 g/mol. The number of methoxy groups -OCH3 is 2. The Morgan fingerprint density at radius 1 is 1.15 bits per heavy atom. The van der Waals surface area contributed by atoms with Crippen LogP contribution >= 0.6 is 0 Å². The fourth-order valence-electron chi connectivity index (χ4n) is 3.34. The van der Waals surface area contributed by atoms with Crippen LogP contribution in [0.15, 0.2) is 18.2 Å². The minimum atomic E-state index is -3.38. The normalized spacial score (nSPS) is 21.2. The van der Waals surface area contributed by atoms with Crippen LogP contribution in [0.3, 0.4) is 0 Å². The van der Waals surface area contributed by atoms with Gasteiger partial charge in [-0.25, -0.2) is 12.7 Å². The van der Waals surface area contributed by atoms with Gasteiger partial charge in [0.1, 0.15) is 0 Å². The van der Waals surface area contributed by atoms with Gasteiger partial charge in [-0.15, -0.1) is 0 Å². The maximum atomic E-state index is 12.5. The Morgan fingerprint density at radius 2 is 1.77 bits per heavy atom. The minimum Gasteiger partial charge on any atom is -0.493 e. The van der Waals surface area contributed by atoms with Crippen LogP contribution in [0, 0.1) is 11.8 Å². The Labute approximate surface area is 155 Å². The van der Waals surface area contributed by atoms with E-state index in [0.29, 0.717) is 42.0 Å². The quantitative estimate of drug-likeness (QED) is 0.774. The summed E-state index contributed by atoms with van der Waals surface area (Å²) in [5.74, 6) is 1.24. The van der Waals surface area contributed by atoms with Crippen molar-refractivity contribution in [3.63, 3.8) is 0 Å². The van der Waals surface area contributed by atoms with E-state index in [2.05, 4.69) is 19.2 Å². The van der Waals surface area contributed by atoms with Crippen molar-refractivity contribution in [3.05, 3.63) is 23.8 Å². The number of piperidine rings is 1. The molecule has 1 saturated heterocycles. The van der Waals surface area contributed by atoms with E-state index in [-0.39, 0.29) is 18.2 Å². The van der Waals surface area contributed by atoms with E-state index in [9.17, 15) is 13.2 Å². The second-order valence-corrected chi connectivity index (χ2v) is 8.99. The van der Waals surface area contributed by atoms with Gasteiger partial charge in [-0.3, -0.25) is 4.79 Å². The topological polar surface area (TPSA) is 84.9 Å².